The number of hydrogen-bond donors (Lipinski definition) is 1. The second-order valence-electron chi connectivity index (χ2n) is 5.08. The molecule has 118 valence electrons. The average molecular weight is 304 g/mol. The van der Waals surface area contributed by atoms with Gasteiger partial charge in [-0.05, 0) is 42.3 Å². The number of rotatable bonds is 3. The second kappa shape index (κ2) is 8.04. The number of aromatic nitrogens is 1. The van der Waals surface area contributed by atoms with E-state index in [1.54, 1.807) is 0 Å². The molecule has 2 nitrogen and oxygen atoms in total. The van der Waals surface area contributed by atoms with Crippen molar-refractivity contribution in [3.8, 4) is 0 Å². The third kappa shape index (κ3) is 4.13. The van der Waals surface area contributed by atoms with Crippen molar-refractivity contribution in [2.45, 2.75) is 20.8 Å². The van der Waals surface area contributed by atoms with Crippen LogP contribution in [0.5, 0.6) is 0 Å². The molecule has 1 aliphatic rings. The van der Waals surface area contributed by atoms with Crippen molar-refractivity contribution in [3.63, 3.8) is 0 Å². The van der Waals surface area contributed by atoms with E-state index in [0.717, 1.165) is 17.0 Å². The number of H-pyrrole nitrogens is 1. The third-order valence-corrected chi connectivity index (χ3v) is 3.54. The Kier molecular flexibility index (Phi) is 5.81. The molecule has 1 aliphatic heterocycles. The molecule has 2 heteroatoms. The van der Waals surface area contributed by atoms with Gasteiger partial charge in [0.2, 0.25) is 0 Å². The largest absolute Gasteiger partial charge is 0.361 e. The number of nitrogens with one attached hydrogen (secondary N) is 1. The minimum absolute atomic E-state index is 0.956. The molecule has 0 saturated carbocycles. The van der Waals surface area contributed by atoms with Gasteiger partial charge in [0.15, 0.2) is 0 Å². The zero-order valence-corrected chi connectivity index (χ0v) is 14.1. The average Bonchev–Trinajstić information content (AvgIpc) is 3.14. The lowest BCUT2D eigenvalue weighted by atomic mass is 10.1. The van der Waals surface area contributed by atoms with E-state index in [4.69, 9.17) is 0 Å². The van der Waals surface area contributed by atoms with E-state index >= 15 is 0 Å². The topological polar surface area (TPSA) is 19.0 Å². The zero-order valence-electron chi connectivity index (χ0n) is 14.1. The maximum absolute atomic E-state index is 4.14. The molecule has 2 aromatic rings. The third-order valence-electron chi connectivity index (χ3n) is 3.54. The molecule has 0 aliphatic carbocycles. The Morgan fingerprint density at radius 1 is 1.09 bits per heavy atom. The summed E-state index contributed by atoms with van der Waals surface area (Å²) in [5.74, 6) is 0. The molecular weight excluding hydrogens is 280 g/mol. The molecule has 2 heterocycles. The van der Waals surface area contributed by atoms with Gasteiger partial charge in [0.1, 0.15) is 0 Å². The summed E-state index contributed by atoms with van der Waals surface area (Å²) in [6.45, 7) is 10.3. The Morgan fingerprint density at radius 2 is 1.83 bits per heavy atom. The highest BCUT2D eigenvalue weighted by Crippen LogP contribution is 2.25. The molecule has 0 saturated heterocycles. The van der Waals surface area contributed by atoms with E-state index in [1.165, 1.54) is 11.1 Å². The first-order chi connectivity index (χ1) is 11.2. The van der Waals surface area contributed by atoms with E-state index in [1.807, 2.05) is 38.4 Å². The highest BCUT2D eigenvalue weighted by Gasteiger charge is 2.09. The summed E-state index contributed by atoms with van der Waals surface area (Å²) in [6.07, 6.45) is 10.3. The number of aromatic amines is 1. The van der Waals surface area contributed by atoms with Gasteiger partial charge in [-0.2, -0.15) is 0 Å². The lowest BCUT2D eigenvalue weighted by Gasteiger charge is -2.22. The van der Waals surface area contributed by atoms with Crippen LogP contribution in [-0.4, -0.2) is 9.88 Å². The van der Waals surface area contributed by atoms with Crippen molar-refractivity contribution in [2.24, 2.45) is 0 Å². The summed E-state index contributed by atoms with van der Waals surface area (Å²) in [7, 11) is 0. The smallest absolute Gasteiger partial charge is 0.0455 e. The van der Waals surface area contributed by atoms with Gasteiger partial charge in [-0.15, -0.1) is 0 Å². The maximum atomic E-state index is 4.14. The Labute approximate surface area is 139 Å². The standard InChI is InChI=1S/C19H18N2.C2H6/c1-15(17-7-4-3-5-8-17)14-21-12-10-18(13-16(21)2)19-9-6-11-20-19;1-2/h3-14,20H,2H2,1H3;1-2H3/b15-14+;. The van der Waals surface area contributed by atoms with Crippen molar-refractivity contribution in [1.82, 2.24) is 9.88 Å². The van der Waals surface area contributed by atoms with E-state index in [2.05, 4.69) is 72.1 Å². The molecular formula is C21H24N2. The van der Waals surface area contributed by atoms with E-state index in [9.17, 15) is 0 Å². The highest BCUT2D eigenvalue weighted by atomic mass is 15.1. The number of allylic oxidation sites excluding steroid dienone is 4. The van der Waals surface area contributed by atoms with Crippen LogP contribution >= 0.6 is 0 Å². The van der Waals surface area contributed by atoms with Gasteiger partial charge < -0.3 is 9.88 Å². The van der Waals surface area contributed by atoms with Crippen LogP contribution in [0.3, 0.4) is 0 Å². The highest BCUT2D eigenvalue weighted by molar-refractivity contribution is 5.75. The minimum Gasteiger partial charge on any atom is -0.361 e. The zero-order chi connectivity index (χ0) is 16.7. The Bertz CT molecular complexity index is 716. The maximum Gasteiger partial charge on any atom is 0.0455 e. The van der Waals surface area contributed by atoms with Gasteiger partial charge >= 0.3 is 0 Å². The van der Waals surface area contributed by atoms with E-state index in [0.29, 0.717) is 0 Å². The lowest BCUT2D eigenvalue weighted by Crippen LogP contribution is -2.10. The molecule has 0 spiro atoms. The van der Waals surface area contributed by atoms with Gasteiger partial charge in [-0.25, -0.2) is 0 Å². The van der Waals surface area contributed by atoms with Crippen LogP contribution in [-0.2, 0) is 0 Å². The van der Waals surface area contributed by atoms with Gasteiger partial charge in [0.05, 0.1) is 0 Å². The summed E-state index contributed by atoms with van der Waals surface area (Å²) in [6, 6.07) is 14.4. The predicted octanol–water partition coefficient (Wildman–Crippen LogP) is 5.83. The summed E-state index contributed by atoms with van der Waals surface area (Å²) in [5.41, 5.74) is 5.64. The molecule has 0 bridgehead atoms. The van der Waals surface area contributed by atoms with Crippen LogP contribution in [0.25, 0.3) is 11.1 Å². The van der Waals surface area contributed by atoms with Gasteiger partial charge in [0.25, 0.3) is 0 Å². The molecule has 23 heavy (non-hydrogen) atoms. The molecule has 0 fully saturated rings. The van der Waals surface area contributed by atoms with Crippen molar-refractivity contribution in [3.05, 3.63) is 96.7 Å². The molecule has 1 aromatic carbocycles. The summed E-state index contributed by atoms with van der Waals surface area (Å²) in [5, 5.41) is 0. The quantitative estimate of drug-likeness (QED) is 0.756. The van der Waals surface area contributed by atoms with Crippen molar-refractivity contribution >= 4 is 11.1 Å². The van der Waals surface area contributed by atoms with E-state index in [-0.39, 0.29) is 0 Å². The van der Waals surface area contributed by atoms with Gasteiger partial charge in [-0.3, -0.25) is 0 Å². The van der Waals surface area contributed by atoms with E-state index < -0.39 is 0 Å². The normalized spacial score (nSPS) is 14.2. The van der Waals surface area contributed by atoms with Crippen molar-refractivity contribution in [2.75, 3.05) is 0 Å². The molecule has 1 N–H and O–H groups in total. The van der Waals surface area contributed by atoms with Crippen molar-refractivity contribution in [1.29, 1.82) is 0 Å². The first kappa shape index (κ1) is 16.6. The Balaban J connectivity index is 0.000000924. The SMILES string of the molecule is C=C1C=C(c2ccc[nH]2)C=CN1/C=C(\C)c1ccccc1.CC. The van der Waals surface area contributed by atoms with Gasteiger partial charge in [0, 0.05) is 35.6 Å². The van der Waals surface area contributed by atoms with Crippen LogP contribution in [0.1, 0.15) is 32.0 Å². The fraction of sp³-hybridized carbons (Fsp3) is 0.143. The number of nitrogens with zero attached hydrogens (tertiary/aromatic N) is 1. The molecule has 0 atom stereocenters. The Hall–Kier alpha value is -2.74. The fourth-order valence-electron chi connectivity index (χ4n) is 2.35. The summed E-state index contributed by atoms with van der Waals surface area (Å²) < 4.78 is 0. The molecule has 0 radical (unpaired) electrons. The summed E-state index contributed by atoms with van der Waals surface area (Å²) in [4.78, 5) is 5.26. The molecule has 0 amide bonds. The Morgan fingerprint density at radius 3 is 2.43 bits per heavy atom. The minimum atomic E-state index is 0.956. The number of benzene rings is 1. The number of hydrogen-bond acceptors (Lipinski definition) is 1. The molecule has 1 aromatic heterocycles. The summed E-state index contributed by atoms with van der Waals surface area (Å²) >= 11 is 0. The van der Waals surface area contributed by atoms with Gasteiger partial charge in [-0.1, -0.05) is 50.8 Å². The monoisotopic (exact) mass is 304 g/mol. The van der Waals surface area contributed by atoms with Crippen LogP contribution in [0, 0.1) is 0 Å². The molecule has 0 unspecified atom stereocenters. The predicted molar refractivity (Wildman–Crippen MR) is 100 cm³/mol. The first-order valence-corrected chi connectivity index (χ1v) is 7.99. The fourth-order valence-corrected chi connectivity index (χ4v) is 2.35. The van der Waals surface area contributed by atoms with Crippen LogP contribution < -0.4 is 0 Å². The van der Waals surface area contributed by atoms with Crippen LogP contribution in [0.4, 0.5) is 0 Å². The van der Waals surface area contributed by atoms with Crippen molar-refractivity contribution < 1.29 is 0 Å². The van der Waals surface area contributed by atoms with Crippen LogP contribution in [0.15, 0.2) is 85.5 Å². The molecule has 3 rings (SSSR count). The van der Waals surface area contributed by atoms with Crippen LogP contribution in [0.2, 0.25) is 0 Å². The first-order valence-electron chi connectivity index (χ1n) is 7.99. The second-order valence-corrected chi connectivity index (χ2v) is 5.08. The lowest BCUT2D eigenvalue weighted by molar-refractivity contribution is 0.651.